The first kappa shape index (κ1) is 11.6. The van der Waals surface area contributed by atoms with Gasteiger partial charge >= 0.3 is 0 Å². The summed E-state index contributed by atoms with van der Waals surface area (Å²) < 4.78 is 0. The Kier molecular flexibility index (Phi) is 4.37. The summed E-state index contributed by atoms with van der Waals surface area (Å²) in [4.78, 5) is 2.55. The molecule has 88 valence electrons. The van der Waals surface area contributed by atoms with Gasteiger partial charge in [-0.3, -0.25) is 4.90 Å². The van der Waals surface area contributed by atoms with Crippen LogP contribution in [0.2, 0.25) is 0 Å². The van der Waals surface area contributed by atoms with Gasteiger partial charge in [0.2, 0.25) is 0 Å². The van der Waals surface area contributed by atoms with Crippen molar-refractivity contribution >= 4 is 0 Å². The van der Waals surface area contributed by atoms with Gasteiger partial charge < -0.3 is 5.32 Å². The lowest BCUT2D eigenvalue weighted by Crippen LogP contribution is -2.20. The lowest BCUT2D eigenvalue weighted by molar-refractivity contribution is 0.277. The lowest BCUT2D eigenvalue weighted by Gasteiger charge is -2.14. The van der Waals surface area contributed by atoms with Crippen LogP contribution in [0.4, 0.5) is 0 Å². The van der Waals surface area contributed by atoms with Gasteiger partial charge in [0.1, 0.15) is 0 Å². The molecule has 0 saturated carbocycles. The van der Waals surface area contributed by atoms with Crippen molar-refractivity contribution in [1.29, 1.82) is 0 Å². The molecule has 2 rings (SSSR count). The zero-order valence-electron chi connectivity index (χ0n) is 10.2. The normalized spacial score (nSPS) is 15.3. The second kappa shape index (κ2) is 6.02. The van der Waals surface area contributed by atoms with Gasteiger partial charge in [-0.05, 0) is 43.6 Å². The summed E-state index contributed by atoms with van der Waals surface area (Å²) in [5.74, 6) is 0. The number of rotatable bonds is 6. The van der Waals surface area contributed by atoms with Crippen molar-refractivity contribution in [3.8, 4) is 0 Å². The highest BCUT2D eigenvalue weighted by atomic mass is 15.1. The minimum atomic E-state index is 1.09. The van der Waals surface area contributed by atoms with Gasteiger partial charge in [-0.1, -0.05) is 31.2 Å². The van der Waals surface area contributed by atoms with Crippen molar-refractivity contribution in [1.82, 2.24) is 10.2 Å². The molecule has 1 aromatic carbocycles. The van der Waals surface area contributed by atoms with E-state index in [1.807, 2.05) is 0 Å². The van der Waals surface area contributed by atoms with Gasteiger partial charge in [0.15, 0.2) is 0 Å². The molecule has 1 aliphatic rings. The van der Waals surface area contributed by atoms with Crippen molar-refractivity contribution in [2.75, 3.05) is 19.6 Å². The molecule has 0 atom stereocenters. The summed E-state index contributed by atoms with van der Waals surface area (Å²) >= 11 is 0. The number of unbranched alkanes of at least 4 members (excludes halogenated alkanes) is 1. The van der Waals surface area contributed by atoms with Gasteiger partial charge in [-0.25, -0.2) is 0 Å². The van der Waals surface area contributed by atoms with Crippen LogP contribution in [-0.4, -0.2) is 24.5 Å². The molecular formula is C14H22N2. The van der Waals surface area contributed by atoms with E-state index in [1.165, 1.54) is 30.5 Å². The Hall–Kier alpha value is -0.860. The molecule has 0 saturated heterocycles. The maximum Gasteiger partial charge on any atom is 0.0240 e. The monoisotopic (exact) mass is 218 g/mol. The molecule has 2 heteroatoms. The van der Waals surface area contributed by atoms with Gasteiger partial charge in [0.05, 0.1) is 0 Å². The highest BCUT2D eigenvalue weighted by Crippen LogP contribution is 2.22. The third-order valence-electron chi connectivity index (χ3n) is 3.23. The average Bonchev–Trinajstić information content (AvgIpc) is 2.71. The molecular weight excluding hydrogens is 196 g/mol. The fraction of sp³-hybridized carbons (Fsp3) is 0.571. The summed E-state index contributed by atoms with van der Waals surface area (Å²) in [7, 11) is 0. The first-order valence-electron chi connectivity index (χ1n) is 6.40. The molecule has 2 nitrogen and oxygen atoms in total. The summed E-state index contributed by atoms with van der Waals surface area (Å²) in [5.41, 5.74) is 3.04. The van der Waals surface area contributed by atoms with E-state index in [0.29, 0.717) is 0 Å². The second-order valence-electron chi connectivity index (χ2n) is 4.54. The third kappa shape index (κ3) is 3.06. The van der Waals surface area contributed by atoms with Crippen LogP contribution in [0.15, 0.2) is 24.3 Å². The Bertz CT molecular complexity index is 297. The number of hydrogen-bond donors (Lipinski definition) is 1. The van der Waals surface area contributed by atoms with Crippen molar-refractivity contribution in [3.63, 3.8) is 0 Å². The molecule has 1 aromatic rings. The highest BCUT2D eigenvalue weighted by molar-refractivity contribution is 5.30. The highest BCUT2D eigenvalue weighted by Gasteiger charge is 2.16. The third-order valence-corrected chi connectivity index (χ3v) is 3.23. The topological polar surface area (TPSA) is 15.3 Å². The quantitative estimate of drug-likeness (QED) is 0.738. The van der Waals surface area contributed by atoms with Crippen LogP contribution in [0.1, 0.15) is 30.9 Å². The van der Waals surface area contributed by atoms with Crippen molar-refractivity contribution < 1.29 is 0 Å². The van der Waals surface area contributed by atoms with E-state index in [2.05, 4.69) is 41.4 Å². The average molecular weight is 218 g/mol. The van der Waals surface area contributed by atoms with Crippen LogP contribution in [0.5, 0.6) is 0 Å². The number of nitrogens with zero attached hydrogens (tertiary/aromatic N) is 1. The zero-order chi connectivity index (χ0) is 11.2. The van der Waals surface area contributed by atoms with Crippen LogP contribution in [-0.2, 0) is 13.1 Å². The molecule has 0 aliphatic carbocycles. The van der Waals surface area contributed by atoms with Crippen LogP contribution >= 0.6 is 0 Å². The largest absolute Gasteiger partial charge is 0.317 e. The van der Waals surface area contributed by atoms with Crippen LogP contribution in [0.25, 0.3) is 0 Å². The van der Waals surface area contributed by atoms with E-state index in [1.54, 1.807) is 0 Å². The Morgan fingerprint density at radius 1 is 1.12 bits per heavy atom. The molecule has 16 heavy (non-hydrogen) atoms. The smallest absolute Gasteiger partial charge is 0.0240 e. The van der Waals surface area contributed by atoms with Crippen molar-refractivity contribution in [3.05, 3.63) is 35.4 Å². The molecule has 1 N–H and O–H groups in total. The Morgan fingerprint density at radius 3 is 2.44 bits per heavy atom. The molecule has 0 aromatic heterocycles. The molecule has 0 fully saturated rings. The van der Waals surface area contributed by atoms with E-state index >= 15 is 0 Å². The predicted octanol–water partition coefficient (Wildman–Crippen LogP) is 2.39. The Balaban J connectivity index is 1.67. The summed E-state index contributed by atoms with van der Waals surface area (Å²) in [5, 5.41) is 3.37. The van der Waals surface area contributed by atoms with E-state index < -0.39 is 0 Å². The molecule has 0 spiro atoms. The first-order chi connectivity index (χ1) is 7.90. The number of hydrogen-bond acceptors (Lipinski definition) is 2. The minimum Gasteiger partial charge on any atom is -0.317 e. The number of benzene rings is 1. The Labute approximate surface area is 98.7 Å². The molecule has 1 heterocycles. The fourth-order valence-electron chi connectivity index (χ4n) is 2.32. The van der Waals surface area contributed by atoms with E-state index in [-0.39, 0.29) is 0 Å². The van der Waals surface area contributed by atoms with E-state index in [4.69, 9.17) is 0 Å². The molecule has 1 aliphatic heterocycles. The Morgan fingerprint density at radius 2 is 1.81 bits per heavy atom. The SMILES string of the molecule is CCNCCCCN1Cc2ccccc2C1. The molecule has 0 bridgehead atoms. The fourth-order valence-corrected chi connectivity index (χ4v) is 2.32. The molecule has 0 unspecified atom stereocenters. The maximum atomic E-state index is 3.37. The van der Waals surface area contributed by atoms with Gasteiger partial charge in [0.25, 0.3) is 0 Å². The van der Waals surface area contributed by atoms with Gasteiger partial charge in [0, 0.05) is 13.1 Å². The number of nitrogens with one attached hydrogen (secondary N) is 1. The lowest BCUT2D eigenvalue weighted by atomic mass is 10.1. The maximum absolute atomic E-state index is 3.37. The summed E-state index contributed by atoms with van der Waals surface area (Å²) in [6.45, 7) is 7.96. The van der Waals surface area contributed by atoms with Crippen molar-refractivity contribution in [2.24, 2.45) is 0 Å². The second-order valence-corrected chi connectivity index (χ2v) is 4.54. The number of fused-ring (bicyclic) bond motifs is 1. The van der Waals surface area contributed by atoms with Gasteiger partial charge in [-0.2, -0.15) is 0 Å². The van der Waals surface area contributed by atoms with Gasteiger partial charge in [-0.15, -0.1) is 0 Å². The minimum absolute atomic E-state index is 1.09. The summed E-state index contributed by atoms with van der Waals surface area (Å²) in [6.07, 6.45) is 2.60. The first-order valence-corrected chi connectivity index (χ1v) is 6.40. The standard InChI is InChI=1S/C14H22N2/c1-2-15-9-5-6-10-16-11-13-7-3-4-8-14(13)12-16/h3-4,7-8,15H,2,5-6,9-12H2,1H3. The molecule has 0 amide bonds. The molecule has 0 radical (unpaired) electrons. The van der Waals surface area contributed by atoms with Crippen LogP contribution in [0, 0.1) is 0 Å². The summed E-state index contributed by atoms with van der Waals surface area (Å²) in [6, 6.07) is 8.81. The van der Waals surface area contributed by atoms with E-state index in [9.17, 15) is 0 Å². The van der Waals surface area contributed by atoms with Crippen LogP contribution in [0.3, 0.4) is 0 Å². The van der Waals surface area contributed by atoms with Crippen LogP contribution < -0.4 is 5.32 Å². The van der Waals surface area contributed by atoms with E-state index in [0.717, 1.165) is 26.2 Å². The zero-order valence-corrected chi connectivity index (χ0v) is 10.2. The van der Waals surface area contributed by atoms with Crippen molar-refractivity contribution in [2.45, 2.75) is 32.9 Å². The predicted molar refractivity (Wildman–Crippen MR) is 68.3 cm³/mol.